The molecule has 0 aliphatic heterocycles. The second-order valence-corrected chi connectivity index (χ2v) is 4.20. The number of methoxy groups -OCH3 is 1. The minimum absolute atomic E-state index is 0.109. The van der Waals surface area contributed by atoms with Crippen LogP contribution in [-0.2, 0) is 9.53 Å². The first-order valence-corrected chi connectivity index (χ1v) is 5.23. The van der Waals surface area contributed by atoms with Gasteiger partial charge in [-0.05, 0) is 31.6 Å². The molecular formula is C10H19NO4. The van der Waals surface area contributed by atoms with E-state index in [1.54, 1.807) is 7.11 Å². The van der Waals surface area contributed by atoms with Crippen LogP contribution in [0, 0.1) is 5.92 Å². The van der Waals surface area contributed by atoms with Crippen molar-refractivity contribution in [1.29, 1.82) is 0 Å². The van der Waals surface area contributed by atoms with Gasteiger partial charge in [0.15, 0.2) is 0 Å². The van der Waals surface area contributed by atoms with Crippen LogP contribution in [0.5, 0.6) is 0 Å². The third-order valence-corrected chi connectivity index (χ3v) is 3.07. The Morgan fingerprint density at radius 1 is 1.60 bits per heavy atom. The number of aliphatic hydroxyl groups is 1. The maximum atomic E-state index is 10.6. The van der Waals surface area contributed by atoms with Gasteiger partial charge in [0, 0.05) is 7.11 Å². The van der Waals surface area contributed by atoms with Gasteiger partial charge in [-0.15, -0.1) is 0 Å². The maximum Gasteiger partial charge on any atom is 0.320 e. The summed E-state index contributed by atoms with van der Waals surface area (Å²) in [7, 11) is 1.58. The van der Waals surface area contributed by atoms with Crippen molar-refractivity contribution in [2.24, 2.45) is 11.7 Å². The van der Waals surface area contributed by atoms with Crippen LogP contribution in [0.3, 0.4) is 0 Å². The summed E-state index contributed by atoms with van der Waals surface area (Å²) in [5, 5.41) is 18.3. The number of aliphatic hydroxyl groups excluding tert-OH is 1. The fourth-order valence-electron chi connectivity index (χ4n) is 2.15. The Kier molecular flexibility index (Phi) is 4.50. The van der Waals surface area contributed by atoms with Crippen LogP contribution in [0.25, 0.3) is 0 Å². The van der Waals surface area contributed by atoms with Gasteiger partial charge in [0.2, 0.25) is 0 Å². The quantitative estimate of drug-likeness (QED) is 0.614. The molecule has 15 heavy (non-hydrogen) atoms. The molecule has 1 saturated carbocycles. The van der Waals surface area contributed by atoms with Crippen molar-refractivity contribution in [2.45, 2.75) is 43.9 Å². The van der Waals surface area contributed by atoms with E-state index in [1.807, 2.05) is 0 Å². The molecule has 0 radical (unpaired) electrons. The zero-order valence-corrected chi connectivity index (χ0v) is 8.93. The van der Waals surface area contributed by atoms with Crippen LogP contribution >= 0.6 is 0 Å². The van der Waals surface area contributed by atoms with E-state index in [0.29, 0.717) is 12.8 Å². The van der Waals surface area contributed by atoms with E-state index in [1.165, 1.54) is 0 Å². The molecule has 0 amide bonds. The molecule has 4 atom stereocenters. The molecule has 1 aliphatic rings. The Morgan fingerprint density at radius 3 is 2.73 bits per heavy atom. The number of rotatable bonds is 4. The highest BCUT2D eigenvalue weighted by Gasteiger charge is 2.30. The van der Waals surface area contributed by atoms with E-state index in [-0.39, 0.29) is 12.0 Å². The van der Waals surface area contributed by atoms with Crippen LogP contribution in [-0.4, -0.2) is 41.5 Å². The normalized spacial score (nSPS) is 33.7. The number of hydrogen-bond acceptors (Lipinski definition) is 4. The van der Waals surface area contributed by atoms with E-state index in [2.05, 4.69) is 0 Å². The first kappa shape index (κ1) is 12.4. The van der Waals surface area contributed by atoms with Crippen LogP contribution in [0.1, 0.15) is 25.7 Å². The van der Waals surface area contributed by atoms with E-state index in [4.69, 9.17) is 15.6 Å². The number of hydrogen-bond donors (Lipinski definition) is 3. The lowest BCUT2D eigenvalue weighted by Crippen LogP contribution is -2.39. The zero-order valence-electron chi connectivity index (χ0n) is 8.93. The van der Waals surface area contributed by atoms with E-state index < -0.39 is 18.1 Å². The molecule has 0 aromatic heterocycles. The monoisotopic (exact) mass is 217 g/mol. The SMILES string of the molecule is COC1CCC(CC(N)C(=O)O)CC1O. The molecular weight excluding hydrogens is 198 g/mol. The molecule has 1 rings (SSSR count). The Balaban J connectivity index is 2.37. The molecule has 0 spiro atoms. The first-order valence-electron chi connectivity index (χ1n) is 5.23. The number of ether oxygens (including phenoxy) is 1. The highest BCUT2D eigenvalue weighted by Crippen LogP contribution is 2.29. The van der Waals surface area contributed by atoms with Gasteiger partial charge in [0.1, 0.15) is 6.04 Å². The van der Waals surface area contributed by atoms with Crippen molar-refractivity contribution in [3.05, 3.63) is 0 Å². The molecule has 0 bridgehead atoms. The van der Waals surface area contributed by atoms with Gasteiger partial charge >= 0.3 is 5.97 Å². The molecule has 88 valence electrons. The molecule has 0 aromatic carbocycles. The van der Waals surface area contributed by atoms with Crippen molar-refractivity contribution in [1.82, 2.24) is 0 Å². The number of carbonyl (C=O) groups is 1. The summed E-state index contributed by atoms with van der Waals surface area (Å²) < 4.78 is 5.11. The van der Waals surface area contributed by atoms with E-state index in [9.17, 15) is 9.90 Å². The molecule has 5 heteroatoms. The van der Waals surface area contributed by atoms with Crippen molar-refractivity contribution < 1.29 is 19.7 Å². The van der Waals surface area contributed by atoms with Crippen molar-refractivity contribution in [2.75, 3.05) is 7.11 Å². The Bertz CT molecular complexity index is 221. The molecule has 1 fully saturated rings. The Labute approximate surface area is 89.2 Å². The molecule has 5 nitrogen and oxygen atoms in total. The summed E-state index contributed by atoms with van der Waals surface area (Å²) in [5.41, 5.74) is 5.45. The first-order chi connectivity index (χ1) is 7.04. The standard InChI is InChI=1S/C10H19NO4/c1-15-9-3-2-6(5-8(9)12)4-7(11)10(13)14/h6-9,12H,2-5,11H2,1H3,(H,13,14). The lowest BCUT2D eigenvalue weighted by molar-refractivity contribution is -0.139. The van der Waals surface area contributed by atoms with Crippen molar-refractivity contribution >= 4 is 5.97 Å². The molecule has 4 N–H and O–H groups in total. The minimum Gasteiger partial charge on any atom is -0.480 e. The number of carboxylic acids is 1. The molecule has 0 heterocycles. The zero-order chi connectivity index (χ0) is 11.4. The molecule has 0 aromatic rings. The van der Waals surface area contributed by atoms with Crippen molar-refractivity contribution in [3.63, 3.8) is 0 Å². The summed E-state index contributed by atoms with van der Waals surface area (Å²) in [4.78, 5) is 10.6. The van der Waals surface area contributed by atoms with Crippen LogP contribution in [0.15, 0.2) is 0 Å². The Morgan fingerprint density at radius 2 is 2.27 bits per heavy atom. The summed E-state index contributed by atoms with van der Waals surface area (Å²) in [5.74, 6) is -0.782. The van der Waals surface area contributed by atoms with E-state index in [0.717, 1.165) is 12.8 Å². The fraction of sp³-hybridized carbons (Fsp3) is 0.900. The highest BCUT2D eigenvalue weighted by atomic mass is 16.5. The summed E-state index contributed by atoms with van der Waals surface area (Å²) >= 11 is 0. The second kappa shape index (κ2) is 5.44. The smallest absolute Gasteiger partial charge is 0.320 e. The van der Waals surface area contributed by atoms with Gasteiger partial charge in [-0.25, -0.2) is 0 Å². The predicted octanol–water partition coefficient (Wildman–Crippen LogP) is -0.0356. The maximum absolute atomic E-state index is 10.6. The van der Waals surface area contributed by atoms with Gasteiger partial charge in [0.25, 0.3) is 0 Å². The highest BCUT2D eigenvalue weighted by molar-refractivity contribution is 5.73. The van der Waals surface area contributed by atoms with Crippen LogP contribution < -0.4 is 5.73 Å². The largest absolute Gasteiger partial charge is 0.480 e. The number of nitrogens with two attached hydrogens (primary N) is 1. The topological polar surface area (TPSA) is 92.8 Å². The summed E-state index contributed by atoms with van der Waals surface area (Å²) in [6.45, 7) is 0. The van der Waals surface area contributed by atoms with Crippen LogP contribution in [0.2, 0.25) is 0 Å². The number of carboxylic acid groups (broad SMARTS) is 1. The van der Waals surface area contributed by atoms with Gasteiger partial charge in [-0.2, -0.15) is 0 Å². The Hall–Kier alpha value is -0.650. The number of aliphatic carboxylic acids is 1. The van der Waals surface area contributed by atoms with Gasteiger partial charge in [-0.3, -0.25) is 4.79 Å². The lowest BCUT2D eigenvalue weighted by Gasteiger charge is -2.32. The average Bonchev–Trinajstić information content (AvgIpc) is 2.18. The summed E-state index contributed by atoms with van der Waals surface area (Å²) in [6.07, 6.45) is 2.06. The molecule has 0 saturated heterocycles. The third kappa shape index (κ3) is 3.44. The second-order valence-electron chi connectivity index (χ2n) is 4.20. The molecule has 4 unspecified atom stereocenters. The average molecular weight is 217 g/mol. The van der Waals surface area contributed by atoms with E-state index >= 15 is 0 Å². The molecule has 1 aliphatic carbocycles. The van der Waals surface area contributed by atoms with Gasteiger partial charge < -0.3 is 20.7 Å². The third-order valence-electron chi connectivity index (χ3n) is 3.07. The van der Waals surface area contributed by atoms with Gasteiger partial charge in [0.05, 0.1) is 12.2 Å². The lowest BCUT2D eigenvalue weighted by atomic mass is 9.82. The van der Waals surface area contributed by atoms with Crippen LogP contribution in [0.4, 0.5) is 0 Å². The predicted molar refractivity (Wildman–Crippen MR) is 54.4 cm³/mol. The minimum atomic E-state index is -0.974. The van der Waals surface area contributed by atoms with Gasteiger partial charge in [-0.1, -0.05) is 0 Å². The van der Waals surface area contributed by atoms with Crippen molar-refractivity contribution in [3.8, 4) is 0 Å². The fourth-order valence-corrected chi connectivity index (χ4v) is 2.15. The summed E-state index contributed by atoms with van der Waals surface area (Å²) in [6, 6.07) is -0.818.